The fourth-order valence-corrected chi connectivity index (χ4v) is 0.638. The number of halogens is 13. The molecule has 0 aromatic carbocycles. The molecule has 0 spiro atoms. The smallest absolute Gasteiger partial charge is 0.335 e. The molecule has 0 aromatic heterocycles. The fraction of sp³-hybridized carbons (Fsp3) is 1.00. The third kappa shape index (κ3) is 3.27. The normalized spacial score (nSPS) is 18.6. The van der Waals surface area contributed by atoms with Gasteiger partial charge in [-0.05, 0) is 0 Å². The van der Waals surface area contributed by atoms with Crippen LogP contribution in [-0.2, 0) is 4.74 Å². The molecule has 0 rings (SSSR count). The number of hydrogen-bond acceptors (Lipinski definition) is 2. The molecule has 2 nitrogen and oxygen atoms in total. The zero-order chi connectivity index (χ0) is 17.7. The van der Waals surface area contributed by atoms with Crippen LogP contribution in [0.2, 0.25) is 0 Å². The Morgan fingerprint density at radius 3 is 1.05 bits per heavy atom. The van der Waals surface area contributed by atoms with Gasteiger partial charge in [-0.1, -0.05) is 0 Å². The summed E-state index contributed by atoms with van der Waals surface area (Å²) in [5.74, 6) is -14.6. The Balaban J connectivity index is 5.65. The summed E-state index contributed by atoms with van der Waals surface area (Å²) in [6.07, 6.45) is -21.6. The quantitative estimate of drug-likeness (QED) is 0.619. The van der Waals surface area contributed by atoms with E-state index in [2.05, 4.69) is 0 Å². The van der Waals surface area contributed by atoms with Gasteiger partial charge >= 0.3 is 36.3 Å². The molecule has 0 aliphatic rings. The molecule has 1 N–H and O–H groups in total. The van der Waals surface area contributed by atoms with Crippen molar-refractivity contribution in [3.8, 4) is 0 Å². The Morgan fingerprint density at radius 2 is 0.810 bits per heavy atom. The minimum absolute atomic E-state index is 1.42. The first kappa shape index (κ1) is 20.0. The van der Waals surface area contributed by atoms with Crippen LogP contribution in [0.15, 0.2) is 0 Å². The maximum absolute atomic E-state index is 12.5. The first-order chi connectivity index (χ1) is 8.71. The Kier molecular flexibility index (Phi) is 4.53. The van der Waals surface area contributed by atoms with Crippen LogP contribution in [0.3, 0.4) is 0 Å². The van der Waals surface area contributed by atoms with E-state index in [1.807, 2.05) is 0 Å². The van der Waals surface area contributed by atoms with Crippen LogP contribution >= 0.6 is 0 Å². The van der Waals surface area contributed by atoms with Gasteiger partial charge in [0, 0.05) is 0 Å². The molecule has 1 unspecified atom stereocenters. The number of rotatable bonds is 4. The molecule has 0 saturated carbocycles. The molecule has 0 radical (unpaired) electrons. The summed E-state index contributed by atoms with van der Waals surface area (Å²) in [7, 11) is 0. The molecule has 0 aliphatic heterocycles. The monoisotopic (exact) mass is 352 g/mol. The van der Waals surface area contributed by atoms with E-state index in [9.17, 15) is 57.1 Å². The predicted molar refractivity (Wildman–Crippen MR) is 34.1 cm³/mol. The Hall–Kier alpha value is -0.990. The highest BCUT2D eigenvalue weighted by atomic mass is 19.4. The lowest BCUT2D eigenvalue weighted by atomic mass is 10.2. The molecule has 0 amide bonds. The summed E-state index contributed by atoms with van der Waals surface area (Å²) in [6.45, 7) is 0. The van der Waals surface area contributed by atoms with E-state index in [0.29, 0.717) is 0 Å². The summed E-state index contributed by atoms with van der Waals surface area (Å²) in [5.41, 5.74) is 0. The van der Waals surface area contributed by atoms with Crippen LogP contribution < -0.4 is 0 Å². The second-order valence-electron chi connectivity index (χ2n) is 3.32. The van der Waals surface area contributed by atoms with Gasteiger partial charge in [0.1, 0.15) is 0 Å². The third-order valence-electron chi connectivity index (χ3n) is 1.73. The molecule has 0 fully saturated rings. The first-order valence-corrected chi connectivity index (χ1v) is 4.09. The Bertz CT molecular complexity index is 341. The zero-order valence-electron chi connectivity index (χ0n) is 8.77. The second-order valence-corrected chi connectivity index (χ2v) is 3.32. The van der Waals surface area contributed by atoms with E-state index in [-0.39, 0.29) is 0 Å². The largest absolute Gasteiger partial charge is 0.462 e. The van der Waals surface area contributed by atoms with E-state index in [1.54, 1.807) is 0 Å². The van der Waals surface area contributed by atoms with Crippen LogP contribution in [0.1, 0.15) is 0 Å². The van der Waals surface area contributed by atoms with Crippen LogP contribution in [0.5, 0.6) is 0 Å². The van der Waals surface area contributed by atoms with Gasteiger partial charge in [0.05, 0.1) is 0 Å². The molecule has 0 bridgehead atoms. The summed E-state index contributed by atoms with van der Waals surface area (Å²) >= 11 is 0. The van der Waals surface area contributed by atoms with Crippen molar-refractivity contribution in [2.24, 2.45) is 0 Å². The number of alkyl halides is 13. The topological polar surface area (TPSA) is 29.5 Å². The van der Waals surface area contributed by atoms with Crippen molar-refractivity contribution in [2.75, 3.05) is 0 Å². The molecule has 15 heteroatoms. The summed E-state index contributed by atoms with van der Waals surface area (Å²) in [4.78, 5) is 0. The van der Waals surface area contributed by atoms with Crippen molar-refractivity contribution in [1.82, 2.24) is 0 Å². The molecule has 0 aromatic rings. The summed E-state index contributed by atoms with van der Waals surface area (Å²) < 4.78 is 156. The molecule has 0 heterocycles. The van der Waals surface area contributed by atoms with Gasteiger partial charge in [0.2, 0.25) is 0 Å². The van der Waals surface area contributed by atoms with Crippen molar-refractivity contribution in [1.29, 1.82) is 0 Å². The van der Waals surface area contributed by atoms with Gasteiger partial charge in [0.25, 0.3) is 0 Å². The SMILES string of the molecule is OC(F)(OC(F)(F)C(F)(F)C(F)(F)F)C(F)(F)C(F)(F)F. The molecule has 0 saturated heterocycles. The lowest BCUT2D eigenvalue weighted by Gasteiger charge is -2.34. The van der Waals surface area contributed by atoms with Crippen LogP contribution in [0.25, 0.3) is 0 Å². The van der Waals surface area contributed by atoms with Crippen LogP contribution in [0.4, 0.5) is 57.1 Å². The number of ether oxygens (including phenoxy) is 1. The average Bonchev–Trinajstić information content (AvgIpc) is 2.11. The lowest BCUT2D eigenvalue weighted by molar-refractivity contribution is -0.531. The van der Waals surface area contributed by atoms with Crippen LogP contribution in [-0.4, -0.2) is 41.5 Å². The van der Waals surface area contributed by atoms with Gasteiger partial charge in [-0.3, -0.25) is 0 Å². The first-order valence-electron chi connectivity index (χ1n) is 4.09. The number of hydrogen-bond donors (Lipinski definition) is 1. The highest BCUT2D eigenvalue weighted by Crippen LogP contribution is 2.52. The van der Waals surface area contributed by atoms with Gasteiger partial charge in [0.15, 0.2) is 0 Å². The molecule has 21 heavy (non-hydrogen) atoms. The highest BCUT2D eigenvalue weighted by molar-refractivity contribution is 4.90. The van der Waals surface area contributed by atoms with Gasteiger partial charge < -0.3 is 5.11 Å². The lowest BCUT2D eigenvalue weighted by Crippen LogP contribution is -2.63. The van der Waals surface area contributed by atoms with E-state index in [4.69, 9.17) is 5.11 Å². The van der Waals surface area contributed by atoms with E-state index >= 15 is 0 Å². The van der Waals surface area contributed by atoms with Crippen molar-refractivity contribution in [3.05, 3.63) is 0 Å². The standard InChI is InChI=1S/C6HF13O2/c7-1(8,3(11,12)13)5(17,18)21-6(19,20)2(9,10)4(14,15)16/h20H. The predicted octanol–water partition coefficient (Wildman–Crippen LogP) is 3.61. The maximum Gasteiger partial charge on any atom is 0.462 e. The van der Waals surface area contributed by atoms with E-state index < -0.39 is 36.3 Å². The molecule has 128 valence electrons. The highest BCUT2D eigenvalue weighted by Gasteiger charge is 2.81. The molecule has 0 aliphatic carbocycles. The van der Waals surface area contributed by atoms with Crippen molar-refractivity contribution >= 4 is 0 Å². The minimum atomic E-state index is -7.37. The molecular weight excluding hydrogens is 351 g/mol. The minimum Gasteiger partial charge on any atom is -0.335 e. The van der Waals surface area contributed by atoms with Crippen molar-refractivity contribution < 1.29 is 66.9 Å². The zero-order valence-corrected chi connectivity index (χ0v) is 8.77. The fourth-order valence-electron chi connectivity index (χ4n) is 0.638. The van der Waals surface area contributed by atoms with E-state index in [0.717, 1.165) is 0 Å². The third-order valence-corrected chi connectivity index (χ3v) is 1.73. The molecule has 1 atom stereocenters. The second kappa shape index (κ2) is 4.76. The van der Waals surface area contributed by atoms with E-state index in [1.165, 1.54) is 4.74 Å². The van der Waals surface area contributed by atoms with Gasteiger partial charge in [-0.25, -0.2) is 4.74 Å². The Labute approximate surface area is 105 Å². The Morgan fingerprint density at radius 1 is 0.524 bits per heavy atom. The number of aliphatic hydroxyl groups is 1. The van der Waals surface area contributed by atoms with Crippen LogP contribution in [0, 0.1) is 0 Å². The van der Waals surface area contributed by atoms with Crippen molar-refractivity contribution in [2.45, 2.75) is 36.3 Å². The molecular formula is C6HF13O2. The summed E-state index contributed by atoms with van der Waals surface area (Å²) in [6, 6.07) is -6.90. The van der Waals surface area contributed by atoms with Crippen molar-refractivity contribution in [3.63, 3.8) is 0 Å². The maximum atomic E-state index is 12.5. The average molecular weight is 352 g/mol. The summed E-state index contributed by atoms with van der Waals surface area (Å²) in [5, 5.41) is 7.80. The van der Waals surface area contributed by atoms with Gasteiger partial charge in [-0.15, -0.1) is 0 Å². The van der Waals surface area contributed by atoms with Gasteiger partial charge in [-0.2, -0.15) is 57.1 Å².